The smallest absolute Gasteiger partial charge is 0.335 e. The van der Waals surface area contributed by atoms with E-state index in [1.165, 1.54) is 36.4 Å². The van der Waals surface area contributed by atoms with Crippen molar-refractivity contribution in [1.82, 2.24) is 0 Å². The number of nitrogens with zero attached hydrogens (tertiary/aromatic N) is 1. The van der Waals surface area contributed by atoms with Gasteiger partial charge in [0.15, 0.2) is 0 Å². The predicted molar refractivity (Wildman–Crippen MR) is 90.2 cm³/mol. The summed E-state index contributed by atoms with van der Waals surface area (Å²) >= 11 is 0. The Labute approximate surface area is 141 Å². The second kappa shape index (κ2) is 5.17. The van der Waals surface area contributed by atoms with E-state index >= 15 is 0 Å². The van der Waals surface area contributed by atoms with Gasteiger partial charge in [-0.3, -0.25) is 9.59 Å². The minimum atomic E-state index is -1.09. The lowest BCUT2D eigenvalue weighted by atomic mass is 9.93. The molecule has 4 rings (SSSR count). The number of aromatic carboxylic acids is 1. The zero-order chi connectivity index (χ0) is 17.7. The average Bonchev–Trinajstić information content (AvgIpc) is 2.61. The highest BCUT2D eigenvalue weighted by Crippen LogP contribution is 2.36. The van der Waals surface area contributed by atoms with Crippen LogP contribution in [0.3, 0.4) is 0 Å². The van der Waals surface area contributed by atoms with Crippen molar-refractivity contribution in [3.63, 3.8) is 0 Å². The number of hydrogen-bond acceptors (Lipinski definition) is 4. The average molecular weight is 333 g/mol. The Morgan fingerprint density at radius 3 is 2.12 bits per heavy atom. The molecule has 0 atom stereocenters. The van der Waals surface area contributed by atoms with Crippen LogP contribution >= 0.6 is 0 Å². The van der Waals surface area contributed by atoms with Crippen molar-refractivity contribution in [3.8, 4) is 5.75 Å². The molecule has 0 bridgehead atoms. The van der Waals surface area contributed by atoms with Crippen molar-refractivity contribution in [2.75, 3.05) is 4.90 Å². The van der Waals surface area contributed by atoms with Gasteiger partial charge in [-0.2, -0.15) is 0 Å². The summed E-state index contributed by atoms with van der Waals surface area (Å²) in [6.45, 7) is 0. The van der Waals surface area contributed by atoms with Crippen molar-refractivity contribution in [2.45, 2.75) is 0 Å². The van der Waals surface area contributed by atoms with Crippen LogP contribution in [0.2, 0.25) is 0 Å². The number of phenolic OH excluding ortho intramolecular Hbond substituents is 1. The zero-order valence-corrected chi connectivity index (χ0v) is 12.8. The Morgan fingerprint density at radius 2 is 1.48 bits per heavy atom. The third-order valence-electron chi connectivity index (χ3n) is 4.26. The normalized spacial score (nSPS) is 13.4. The Bertz CT molecular complexity index is 1050. The highest BCUT2D eigenvalue weighted by Gasteiger charge is 2.34. The molecule has 2 N–H and O–H groups in total. The van der Waals surface area contributed by atoms with E-state index in [9.17, 15) is 19.5 Å². The van der Waals surface area contributed by atoms with Gasteiger partial charge in [0.25, 0.3) is 11.8 Å². The summed E-state index contributed by atoms with van der Waals surface area (Å²) in [5.41, 5.74) is 0.972. The molecule has 0 unspecified atom stereocenters. The fourth-order valence-electron chi connectivity index (χ4n) is 3.07. The second-order valence-electron chi connectivity index (χ2n) is 5.66. The number of hydrogen-bond donors (Lipinski definition) is 2. The van der Waals surface area contributed by atoms with Crippen LogP contribution in [0.15, 0.2) is 54.6 Å². The standard InChI is InChI=1S/C19H11NO5/c21-15-9-8-14-16-12(15)2-1-3-13(16)17(22)20(18(14)23)11-6-4-10(5-7-11)19(24)25/h1-9,21H,(H,24,25). The molecule has 0 saturated heterocycles. The van der Waals surface area contributed by atoms with Gasteiger partial charge in [0.2, 0.25) is 0 Å². The van der Waals surface area contributed by atoms with E-state index < -0.39 is 17.8 Å². The first-order chi connectivity index (χ1) is 12.0. The van der Waals surface area contributed by atoms with Crippen LogP contribution in [0.4, 0.5) is 5.69 Å². The van der Waals surface area contributed by atoms with Crippen LogP contribution < -0.4 is 4.90 Å². The lowest BCUT2D eigenvalue weighted by Crippen LogP contribution is -2.40. The van der Waals surface area contributed by atoms with Crippen LogP contribution in [-0.2, 0) is 0 Å². The first kappa shape index (κ1) is 14.9. The first-order valence-corrected chi connectivity index (χ1v) is 7.46. The van der Waals surface area contributed by atoms with Crippen molar-refractivity contribution in [3.05, 3.63) is 71.3 Å². The molecule has 25 heavy (non-hydrogen) atoms. The summed E-state index contributed by atoms with van der Waals surface area (Å²) < 4.78 is 0. The molecule has 3 aromatic carbocycles. The number of rotatable bonds is 2. The van der Waals surface area contributed by atoms with E-state index in [1.807, 2.05) is 0 Å². The summed E-state index contributed by atoms with van der Waals surface area (Å²) in [5, 5.41) is 19.8. The number of anilines is 1. The maximum absolute atomic E-state index is 12.9. The van der Waals surface area contributed by atoms with Crippen LogP contribution in [0, 0.1) is 0 Å². The van der Waals surface area contributed by atoms with Crippen LogP contribution in [0.25, 0.3) is 10.8 Å². The highest BCUT2D eigenvalue weighted by atomic mass is 16.4. The van der Waals surface area contributed by atoms with Crippen molar-refractivity contribution >= 4 is 34.2 Å². The fraction of sp³-hybridized carbons (Fsp3) is 0. The fourth-order valence-corrected chi connectivity index (χ4v) is 3.07. The minimum absolute atomic E-state index is 0.000427. The summed E-state index contributed by atoms with van der Waals surface area (Å²) in [4.78, 5) is 37.7. The number of carbonyl (C=O) groups is 3. The van der Waals surface area contributed by atoms with Gasteiger partial charge < -0.3 is 10.2 Å². The van der Waals surface area contributed by atoms with Crippen LogP contribution in [-0.4, -0.2) is 28.0 Å². The monoisotopic (exact) mass is 333 g/mol. The Balaban J connectivity index is 1.91. The minimum Gasteiger partial charge on any atom is -0.507 e. The lowest BCUT2D eigenvalue weighted by Gasteiger charge is -2.27. The topological polar surface area (TPSA) is 94.9 Å². The van der Waals surface area contributed by atoms with Gasteiger partial charge in [0.1, 0.15) is 5.75 Å². The zero-order valence-electron chi connectivity index (χ0n) is 12.8. The molecule has 0 spiro atoms. The summed E-state index contributed by atoms with van der Waals surface area (Å²) in [7, 11) is 0. The Morgan fingerprint density at radius 1 is 0.840 bits per heavy atom. The molecular formula is C19H11NO5. The van der Waals surface area contributed by atoms with Gasteiger partial charge in [-0.1, -0.05) is 12.1 Å². The number of phenols is 1. The number of carboxylic acid groups (broad SMARTS) is 1. The molecule has 6 nitrogen and oxygen atoms in total. The van der Waals surface area contributed by atoms with E-state index in [1.54, 1.807) is 18.2 Å². The van der Waals surface area contributed by atoms with E-state index in [4.69, 9.17) is 5.11 Å². The predicted octanol–water partition coefficient (Wildman–Crippen LogP) is 3.04. The quantitative estimate of drug-likeness (QED) is 0.703. The number of carbonyl (C=O) groups excluding carboxylic acids is 2. The maximum Gasteiger partial charge on any atom is 0.335 e. The molecule has 0 aliphatic carbocycles. The van der Waals surface area contributed by atoms with E-state index in [0.717, 1.165) is 4.90 Å². The van der Waals surface area contributed by atoms with E-state index in [2.05, 4.69) is 0 Å². The number of benzene rings is 3. The summed E-state index contributed by atoms with van der Waals surface area (Å²) in [6.07, 6.45) is 0. The number of aromatic hydroxyl groups is 1. The summed E-state index contributed by atoms with van der Waals surface area (Å²) in [5.74, 6) is -2.12. The molecule has 0 fully saturated rings. The van der Waals surface area contributed by atoms with Gasteiger partial charge in [-0.05, 0) is 42.5 Å². The molecular weight excluding hydrogens is 322 g/mol. The molecule has 0 saturated carbocycles. The van der Waals surface area contributed by atoms with Gasteiger partial charge in [-0.15, -0.1) is 0 Å². The molecule has 6 heteroatoms. The highest BCUT2D eigenvalue weighted by molar-refractivity contribution is 6.36. The lowest BCUT2D eigenvalue weighted by molar-refractivity contribution is 0.0696. The van der Waals surface area contributed by atoms with E-state index in [-0.39, 0.29) is 17.0 Å². The third kappa shape index (κ3) is 2.08. The largest absolute Gasteiger partial charge is 0.507 e. The van der Waals surface area contributed by atoms with E-state index in [0.29, 0.717) is 21.9 Å². The van der Waals surface area contributed by atoms with Crippen molar-refractivity contribution in [1.29, 1.82) is 0 Å². The maximum atomic E-state index is 12.9. The molecule has 1 aliphatic rings. The van der Waals surface area contributed by atoms with Crippen molar-refractivity contribution in [2.24, 2.45) is 0 Å². The number of carboxylic acids is 1. The Hall–Kier alpha value is -3.67. The van der Waals surface area contributed by atoms with Crippen molar-refractivity contribution < 1.29 is 24.6 Å². The number of amides is 2. The van der Waals surface area contributed by atoms with Gasteiger partial charge in [0.05, 0.1) is 11.3 Å². The molecule has 122 valence electrons. The third-order valence-corrected chi connectivity index (χ3v) is 4.26. The molecule has 0 aromatic heterocycles. The summed E-state index contributed by atoms with van der Waals surface area (Å²) in [6, 6.07) is 13.3. The van der Waals surface area contributed by atoms with Crippen LogP contribution in [0.5, 0.6) is 5.75 Å². The van der Waals surface area contributed by atoms with Gasteiger partial charge >= 0.3 is 5.97 Å². The van der Waals surface area contributed by atoms with Gasteiger partial charge in [0, 0.05) is 21.9 Å². The number of imide groups is 1. The Kier molecular flexibility index (Phi) is 3.08. The molecule has 1 heterocycles. The first-order valence-electron chi connectivity index (χ1n) is 7.46. The molecule has 3 aromatic rings. The van der Waals surface area contributed by atoms with Gasteiger partial charge in [-0.25, -0.2) is 9.69 Å². The SMILES string of the molecule is O=C(O)c1ccc(N2C(=O)c3cccc4c(O)ccc(c34)C2=O)cc1. The van der Waals surface area contributed by atoms with Crippen LogP contribution in [0.1, 0.15) is 31.1 Å². The second-order valence-corrected chi connectivity index (χ2v) is 5.66. The molecule has 1 aliphatic heterocycles. The molecule has 0 radical (unpaired) electrons. The molecule has 2 amide bonds.